The summed E-state index contributed by atoms with van der Waals surface area (Å²) < 4.78 is 0. The molecule has 0 heterocycles. The fourth-order valence-electron chi connectivity index (χ4n) is 1.55. The summed E-state index contributed by atoms with van der Waals surface area (Å²) in [5, 5.41) is 0.899. The molecule has 0 aliphatic carbocycles. The number of unbranched alkanes of at least 4 members (excludes halogenated alkanes) is 4. The van der Waals surface area contributed by atoms with Crippen LogP contribution in [0.4, 0.5) is 0 Å². The first-order valence-corrected chi connectivity index (χ1v) is 9.01. The van der Waals surface area contributed by atoms with E-state index in [1.807, 2.05) is 0 Å². The van der Waals surface area contributed by atoms with Crippen molar-refractivity contribution in [1.29, 1.82) is 0 Å². The molecule has 0 aliphatic rings. The zero-order chi connectivity index (χ0) is 11.4. The lowest BCUT2D eigenvalue weighted by Gasteiger charge is -2.11. The van der Waals surface area contributed by atoms with Crippen molar-refractivity contribution < 1.29 is 0 Å². The second-order valence-electron chi connectivity index (χ2n) is 4.15. The van der Waals surface area contributed by atoms with Gasteiger partial charge in [0, 0.05) is 11.0 Å². The van der Waals surface area contributed by atoms with Crippen LogP contribution >= 0.6 is 21.6 Å². The molecule has 0 radical (unpaired) electrons. The molecule has 0 saturated carbocycles. The summed E-state index contributed by atoms with van der Waals surface area (Å²) in [6.45, 7) is 6.88. The Morgan fingerprint density at radius 3 is 2.20 bits per heavy atom. The highest BCUT2D eigenvalue weighted by atomic mass is 33.1. The highest BCUT2D eigenvalue weighted by molar-refractivity contribution is 8.76. The van der Waals surface area contributed by atoms with Crippen LogP contribution in [0.25, 0.3) is 0 Å². The molecule has 0 N–H and O–H groups in total. The fraction of sp³-hybridized carbons (Fsp3) is 1.00. The Morgan fingerprint density at radius 1 is 0.867 bits per heavy atom. The molecule has 0 aromatic carbocycles. The maximum atomic E-state index is 2.31. The number of hydrogen-bond acceptors (Lipinski definition) is 2. The van der Waals surface area contributed by atoms with Gasteiger partial charge in [-0.3, -0.25) is 0 Å². The van der Waals surface area contributed by atoms with Crippen LogP contribution < -0.4 is 0 Å². The van der Waals surface area contributed by atoms with Crippen molar-refractivity contribution >= 4 is 21.6 Å². The SMILES string of the molecule is CCCCCCCSSC(CC)CCC. The minimum Gasteiger partial charge on any atom is -0.0939 e. The van der Waals surface area contributed by atoms with Crippen molar-refractivity contribution in [2.24, 2.45) is 0 Å². The van der Waals surface area contributed by atoms with Crippen LogP contribution in [0.2, 0.25) is 0 Å². The van der Waals surface area contributed by atoms with Crippen LogP contribution in [0.15, 0.2) is 0 Å². The third-order valence-corrected chi connectivity index (χ3v) is 5.76. The van der Waals surface area contributed by atoms with Gasteiger partial charge in [-0.25, -0.2) is 0 Å². The molecule has 0 amide bonds. The van der Waals surface area contributed by atoms with Crippen LogP contribution in [0.5, 0.6) is 0 Å². The van der Waals surface area contributed by atoms with Crippen molar-refractivity contribution in [2.75, 3.05) is 5.75 Å². The van der Waals surface area contributed by atoms with Gasteiger partial charge in [-0.15, -0.1) is 0 Å². The fourth-order valence-corrected chi connectivity index (χ4v) is 4.55. The van der Waals surface area contributed by atoms with Gasteiger partial charge in [0.15, 0.2) is 0 Å². The minimum atomic E-state index is 0.899. The summed E-state index contributed by atoms with van der Waals surface area (Å²) in [6, 6.07) is 0. The molecular formula is C13H28S2. The van der Waals surface area contributed by atoms with E-state index in [1.165, 1.54) is 57.1 Å². The van der Waals surface area contributed by atoms with Crippen LogP contribution in [0.1, 0.15) is 72.1 Å². The van der Waals surface area contributed by atoms with Gasteiger partial charge < -0.3 is 0 Å². The van der Waals surface area contributed by atoms with E-state index in [4.69, 9.17) is 0 Å². The smallest absolute Gasteiger partial charge is 0.0148 e. The van der Waals surface area contributed by atoms with Gasteiger partial charge in [-0.05, 0) is 19.3 Å². The van der Waals surface area contributed by atoms with Crippen molar-refractivity contribution in [2.45, 2.75) is 77.4 Å². The molecule has 2 heteroatoms. The first-order chi connectivity index (χ1) is 7.35. The summed E-state index contributed by atoms with van der Waals surface area (Å²) in [7, 11) is 4.23. The standard InChI is InChI=1S/C13H28S2/c1-4-7-8-9-10-12-14-15-13(6-3)11-5-2/h13H,4-12H2,1-3H3. The maximum absolute atomic E-state index is 2.31. The van der Waals surface area contributed by atoms with E-state index in [2.05, 4.69) is 42.4 Å². The summed E-state index contributed by atoms with van der Waals surface area (Å²) in [5.41, 5.74) is 0. The molecule has 0 bridgehead atoms. The molecule has 0 spiro atoms. The normalized spacial score (nSPS) is 13.0. The number of rotatable bonds is 11. The van der Waals surface area contributed by atoms with Crippen LogP contribution in [0.3, 0.4) is 0 Å². The summed E-state index contributed by atoms with van der Waals surface area (Å²) in [5.74, 6) is 1.36. The van der Waals surface area contributed by atoms with E-state index in [0.29, 0.717) is 0 Å². The Balaban J connectivity index is 3.14. The summed E-state index contributed by atoms with van der Waals surface area (Å²) in [6.07, 6.45) is 11.1. The van der Waals surface area contributed by atoms with Crippen molar-refractivity contribution in [1.82, 2.24) is 0 Å². The van der Waals surface area contributed by atoms with Gasteiger partial charge in [0.1, 0.15) is 0 Å². The molecule has 0 saturated heterocycles. The summed E-state index contributed by atoms with van der Waals surface area (Å²) in [4.78, 5) is 0. The quantitative estimate of drug-likeness (QED) is 0.329. The van der Waals surface area contributed by atoms with Gasteiger partial charge in [0.05, 0.1) is 0 Å². The zero-order valence-electron chi connectivity index (χ0n) is 10.8. The molecule has 0 fully saturated rings. The average molecular weight is 249 g/mol. The molecule has 0 aromatic heterocycles. The van der Waals surface area contributed by atoms with Crippen molar-refractivity contribution in [3.63, 3.8) is 0 Å². The lowest BCUT2D eigenvalue weighted by molar-refractivity contribution is 0.660. The molecule has 15 heavy (non-hydrogen) atoms. The molecule has 1 unspecified atom stereocenters. The monoisotopic (exact) mass is 248 g/mol. The Hall–Kier alpha value is 0.700. The second-order valence-corrected chi connectivity index (χ2v) is 6.94. The Bertz CT molecular complexity index is 115. The van der Waals surface area contributed by atoms with E-state index in [9.17, 15) is 0 Å². The average Bonchev–Trinajstić information content (AvgIpc) is 2.26. The highest BCUT2D eigenvalue weighted by Crippen LogP contribution is 2.32. The predicted octanol–water partition coefficient (Wildman–Crippen LogP) is 5.92. The van der Waals surface area contributed by atoms with Crippen molar-refractivity contribution in [3.05, 3.63) is 0 Å². The third kappa shape index (κ3) is 11.0. The topological polar surface area (TPSA) is 0 Å². The molecule has 0 rings (SSSR count). The van der Waals surface area contributed by atoms with Gasteiger partial charge in [0.2, 0.25) is 0 Å². The van der Waals surface area contributed by atoms with E-state index in [1.54, 1.807) is 0 Å². The van der Waals surface area contributed by atoms with E-state index >= 15 is 0 Å². The van der Waals surface area contributed by atoms with Gasteiger partial charge in [-0.1, -0.05) is 74.5 Å². The molecule has 1 atom stereocenters. The molecule has 0 aromatic rings. The van der Waals surface area contributed by atoms with Gasteiger partial charge in [0.25, 0.3) is 0 Å². The van der Waals surface area contributed by atoms with E-state index in [0.717, 1.165) is 5.25 Å². The van der Waals surface area contributed by atoms with Gasteiger partial charge >= 0.3 is 0 Å². The first kappa shape index (κ1) is 15.7. The summed E-state index contributed by atoms with van der Waals surface area (Å²) >= 11 is 0. The highest BCUT2D eigenvalue weighted by Gasteiger charge is 2.05. The van der Waals surface area contributed by atoms with Crippen LogP contribution in [-0.2, 0) is 0 Å². The second kappa shape index (κ2) is 12.8. The first-order valence-electron chi connectivity index (χ1n) is 6.63. The predicted molar refractivity (Wildman–Crippen MR) is 77.8 cm³/mol. The molecular weight excluding hydrogens is 220 g/mol. The Morgan fingerprint density at radius 2 is 1.60 bits per heavy atom. The maximum Gasteiger partial charge on any atom is 0.0148 e. The van der Waals surface area contributed by atoms with Crippen LogP contribution in [0, 0.1) is 0 Å². The van der Waals surface area contributed by atoms with Gasteiger partial charge in [-0.2, -0.15) is 0 Å². The zero-order valence-corrected chi connectivity index (χ0v) is 12.4. The Kier molecular flexibility index (Phi) is 13.4. The largest absolute Gasteiger partial charge is 0.0939 e. The third-order valence-electron chi connectivity index (χ3n) is 2.60. The lowest BCUT2D eigenvalue weighted by Crippen LogP contribution is -1.97. The molecule has 0 nitrogen and oxygen atoms in total. The van der Waals surface area contributed by atoms with E-state index in [-0.39, 0.29) is 0 Å². The molecule has 0 aliphatic heterocycles. The Labute approximate surface area is 105 Å². The number of hydrogen-bond donors (Lipinski definition) is 0. The van der Waals surface area contributed by atoms with E-state index < -0.39 is 0 Å². The van der Waals surface area contributed by atoms with Crippen molar-refractivity contribution in [3.8, 4) is 0 Å². The molecule has 92 valence electrons. The minimum absolute atomic E-state index is 0.899. The lowest BCUT2D eigenvalue weighted by atomic mass is 10.2. The van der Waals surface area contributed by atoms with Crippen LogP contribution in [-0.4, -0.2) is 11.0 Å².